The van der Waals surface area contributed by atoms with Crippen LogP contribution in [0.15, 0.2) is 0 Å². The molecule has 3 rings (SSSR count). The van der Waals surface area contributed by atoms with E-state index in [1.807, 2.05) is 13.8 Å². The fourth-order valence-electron chi connectivity index (χ4n) is 4.98. The number of amides is 2. The Morgan fingerprint density at radius 3 is 2.13 bits per heavy atom. The van der Waals surface area contributed by atoms with Crippen molar-refractivity contribution in [3.05, 3.63) is 0 Å². The lowest BCUT2D eigenvalue weighted by Crippen LogP contribution is -2.60. The number of methoxy groups -OCH3 is 1. The van der Waals surface area contributed by atoms with Gasteiger partial charge in [-0.1, -0.05) is 34.6 Å². The first-order chi connectivity index (χ1) is 14.1. The number of carbonyl (C=O) groups excluding carboxylic acids is 3. The third-order valence-electron chi connectivity index (χ3n) is 7.28. The van der Waals surface area contributed by atoms with Gasteiger partial charge in [0.1, 0.15) is 12.1 Å². The van der Waals surface area contributed by atoms with Crippen LogP contribution in [0, 0.1) is 22.7 Å². The number of fused-ring (bicyclic) bond motifs is 1. The molecular weight excluding hydrogens is 417 g/mol. The van der Waals surface area contributed by atoms with Gasteiger partial charge in [-0.3, -0.25) is 4.79 Å². The van der Waals surface area contributed by atoms with Crippen LogP contribution in [0.2, 0.25) is 0 Å². The molecule has 1 heterocycles. The fourth-order valence-corrected chi connectivity index (χ4v) is 4.98. The maximum atomic E-state index is 13.4. The van der Waals surface area contributed by atoms with E-state index in [1.54, 1.807) is 20.8 Å². The molecule has 3 aliphatic rings. The third-order valence-corrected chi connectivity index (χ3v) is 7.28. The smallest absolute Gasteiger partial charge is 0.428 e. The number of likely N-dealkylation sites (tertiary alicyclic amines) is 1. The normalized spacial score (nSPS) is 29.3. The van der Waals surface area contributed by atoms with Crippen molar-refractivity contribution in [2.45, 2.75) is 77.7 Å². The molecule has 31 heavy (non-hydrogen) atoms. The summed E-state index contributed by atoms with van der Waals surface area (Å²) in [5, 5.41) is 2.35. The Labute approximate surface area is 180 Å². The Balaban J connectivity index is 1.78. The number of esters is 1. The van der Waals surface area contributed by atoms with E-state index in [-0.39, 0.29) is 30.1 Å². The monoisotopic (exact) mass is 448 g/mol. The SMILES string of the molecule is COC(=O)[C@@H]1[C@@H]2[C@H](CN1C(=O)[C@@H](NC(=O)OC1(C(F)(F)F)CCC1)C(C)(C)C)C2(C)C. The van der Waals surface area contributed by atoms with E-state index in [0.717, 1.165) is 0 Å². The quantitative estimate of drug-likeness (QED) is 0.668. The number of ether oxygens (including phenoxy) is 2. The summed E-state index contributed by atoms with van der Waals surface area (Å²) in [6, 6.07) is -1.95. The van der Waals surface area contributed by atoms with Crippen LogP contribution in [0.5, 0.6) is 0 Å². The second-order valence-electron chi connectivity index (χ2n) is 10.6. The molecule has 0 unspecified atom stereocenters. The Bertz CT molecular complexity index is 770. The second-order valence-corrected chi connectivity index (χ2v) is 10.6. The summed E-state index contributed by atoms with van der Waals surface area (Å²) in [5.74, 6) is -0.999. The van der Waals surface area contributed by atoms with E-state index in [9.17, 15) is 27.6 Å². The molecule has 3 fully saturated rings. The fraction of sp³-hybridized carbons (Fsp3) is 0.857. The lowest BCUT2D eigenvalue weighted by Gasteiger charge is -2.42. The number of alkyl carbamates (subject to hydrolysis) is 1. The van der Waals surface area contributed by atoms with E-state index >= 15 is 0 Å². The van der Waals surface area contributed by atoms with Gasteiger partial charge in [-0.25, -0.2) is 9.59 Å². The summed E-state index contributed by atoms with van der Waals surface area (Å²) in [6.07, 6.45) is -6.26. The predicted octanol–water partition coefficient (Wildman–Crippen LogP) is 3.27. The molecule has 0 radical (unpaired) electrons. The number of piperidine rings is 1. The molecule has 2 aliphatic carbocycles. The van der Waals surface area contributed by atoms with Crippen molar-refractivity contribution in [1.82, 2.24) is 10.2 Å². The van der Waals surface area contributed by atoms with Crippen molar-refractivity contribution < 1.29 is 37.0 Å². The molecule has 2 amide bonds. The third kappa shape index (κ3) is 3.86. The van der Waals surface area contributed by atoms with Crippen molar-refractivity contribution in [3.8, 4) is 0 Å². The molecule has 0 aromatic heterocycles. The van der Waals surface area contributed by atoms with Gasteiger partial charge in [0.25, 0.3) is 0 Å². The van der Waals surface area contributed by atoms with Crippen molar-refractivity contribution in [2.75, 3.05) is 13.7 Å². The molecule has 0 aromatic carbocycles. The lowest BCUT2D eigenvalue weighted by atomic mass is 9.79. The van der Waals surface area contributed by atoms with Crippen LogP contribution < -0.4 is 5.32 Å². The standard InChI is InChI=1S/C21H31F3N2O5/c1-18(2,3)14(25-17(29)31-20(8-7-9-20)21(22,23)24)15(27)26-10-11-12(19(11,4)5)13(26)16(28)30-6/h11-14H,7-10H2,1-6H3,(H,25,29)/t11-,12-,13-,14+/m0/s1. The Morgan fingerprint density at radius 2 is 1.71 bits per heavy atom. The van der Waals surface area contributed by atoms with Crippen molar-refractivity contribution in [2.24, 2.45) is 22.7 Å². The minimum absolute atomic E-state index is 0.0556. The van der Waals surface area contributed by atoms with Crippen LogP contribution in [0.3, 0.4) is 0 Å². The zero-order chi connectivity index (χ0) is 23.6. The lowest BCUT2D eigenvalue weighted by molar-refractivity contribution is -0.284. The summed E-state index contributed by atoms with van der Waals surface area (Å²) >= 11 is 0. The number of alkyl halides is 3. The first-order valence-electron chi connectivity index (χ1n) is 10.5. The first kappa shape index (κ1) is 23.7. The molecule has 2 saturated carbocycles. The number of rotatable bonds is 4. The maximum absolute atomic E-state index is 13.4. The number of hydrogen-bond donors (Lipinski definition) is 1. The predicted molar refractivity (Wildman–Crippen MR) is 104 cm³/mol. The van der Waals surface area contributed by atoms with Crippen LogP contribution >= 0.6 is 0 Å². The molecule has 0 aromatic rings. The van der Waals surface area contributed by atoms with Gasteiger partial charge in [0.05, 0.1) is 7.11 Å². The molecule has 176 valence electrons. The summed E-state index contributed by atoms with van der Waals surface area (Å²) in [6.45, 7) is 9.43. The summed E-state index contributed by atoms with van der Waals surface area (Å²) < 4.78 is 49.8. The molecule has 0 spiro atoms. The average Bonchev–Trinajstić information content (AvgIpc) is 2.95. The van der Waals surface area contributed by atoms with Crippen molar-refractivity contribution in [3.63, 3.8) is 0 Å². The maximum Gasteiger partial charge on any atom is 0.428 e. The number of hydrogen-bond acceptors (Lipinski definition) is 5. The minimum Gasteiger partial charge on any atom is -0.467 e. The van der Waals surface area contributed by atoms with E-state index in [0.29, 0.717) is 13.0 Å². The second kappa shape index (κ2) is 7.27. The van der Waals surface area contributed by atoms with Crippen LogP contribution in [0.4, 0.5) is 18.0 Å². The Morgan fingerprint density at radius 1 is 1.13 bits per heavy atom. The Hall–Kier alpha value is -2.00. The van der Waals surface area contributed by atoms with E-state index in [2.05, 4.69) is 5.32 Å². The number of nitrogens with one attached hydrogen (secondary N) is 1. The highest BCUT2D eigenvalue weighted by Crippen LogP contribution is 2.65. The summed E-state index contributed by atoms with van der Waals surface area (Å²) in [7, 11) is 1.25. The Kier molecular flexibility index (Phi) is 5.55. The van der Waals surface area contributed by atoms with Gasteiger partial charge in [-0.2, -0.15) is 13.2 Å². The van der Waals surface area contributed by atoms with E-state index in [1.165, 1.54) is 12.0 Å². The van der Waals surface area contributed by atoms with Gasteiger partial charge in [-0.15, -0.1) is 0 Å². The molecular formula is C21H31F3N2O5. The largest absolute Gasteiger partial charge is 0.467 e. The molecule has 1 aliphatic heterocycles. The highest BCUT2D eigenvalue weighted by Gasteiger charge is 2.70. The van der Waals surface area contributed by atoms with Gasteiger partial charge in [0, 0.05) is 12.5 Å². The number of halogens is 3. The molecule has 1 N–H and O–H groups in total. The number of carbonyl (C=O) groups is 3. The minimum atomic E-state index is -4.68. The molecule has 1 saturated heterocycles. The molecule has 7 nitrogen and oxygen atoms in total. The highest BCUT2D eigenvalue weighted by atomic mass is 19.4. The first-order valence-corrected chi connectivity index (χ1v) is 10.5. The van der Waals surface area contributed by atoms with Crippen LogP contribution in [0.1, 0.15) is 53.9 Å². The van der Waals surface area contributed by atoms with E-state index < -0.39 is 47.2 Å². The summed E-state index contributed by atoms with van der Waals surface area (Å²) in [4.78, 5) is 39.7. The van der Waals surface area contributed by atoms with Crippen LogP contribution in [0.25, 0.3) is 0 Å². The van der Waals surface area contributed by atoms with Gasteiger partial charge in [0.15, 0.2) is 0 Å². The molecule has 0 bridgehead atoms. The van der Waals surface area contributed by atoms with Crippen LogP contribution in [-0.2, 0) is 19.1 Å². The average molecular weight is 448 g/mol. The topological polar surface area (TPSA) is 84.9 Å². The number of nitrogens with zero attached hydrogens (tertiary/aromatic N) is 1. The van der Waals surface area contributed by atoms with Gasteiger partial charge < -0.3 is 19.7 Å². The molecule has 10 heteroatoms. The summed E-state index contributed by atoms with van der Waals surface area (Å²) in [5.41, 5.74) is -3.44. The highest BCUT2D eigenvalue weighted by molar-refractivity contribution is 5.91. The van der Waals surface area contributed by atoms with Gasteiger partial charge >= 0.3 is 18.2 Å². The van der Waals surface area contributed by atoms with Crippen molar-refractivity contribution >= 4 is 18.0 Å². The van der Waals surface area contributed by atoms with E-state index in [4.69, 9.17) is 9.47 Å². The van der Waals surface area contributed by atoms with Crippen molar-refractivity contribution in [1.29, 1.82) is 0 Å². The molecule has 4 atom stereocenters. The van der Waals surface area contributed by atoms with Crippen LogP contribution in [-0.4, -0.2) is 60.4 Å². The van der Waals surface area contributed by atoms with Gasteiger partial charge in [-0.05, 0) is 36.0 Å². The zero-order valence-electron chi connectivity index (χ0n) is 18.8. The zero-order valence-corrected chi connectivity index (χ0v) is 18.8. The van der Waals surface area contributed by atoms with Gasteiger partial charge in [0.2, 0.25) is 11.5 Å².